The summed E-state index contributed by atoms with van der Waals surface area (Å²) < 4.78 is 40.5. The lowest BCUT2D eigenvalue weighted by atomic mass is 10.1. The van der Waals surface area contributed by atoms with Crippen LogP contribution in [0, 0.1) is 5.82 Å². The molecular weight excluding hydrogens is 293 g/mol. The Kier molecular flexibility index (Phi) is 4.67. The molecule has 21 heavy (non-hydrogen) atoms. The monoisotopic (exact) mass is 315 g/mol. The van der Waals surface area contributed by atoms with Crippen LogP contribution in [0.3, 0.4) is 0 Å². The third-order valence-corrected chi connectivity index (χ3v) is 6.11. The van der Waals surface area contributed by atoms with Crippen molar-refractivity contribution < 1.29 is 12.8 Å². The van der Waals surface area contributed by atoms with Gasteiger partial charge in [-0.05, 0) is 38.6 Å². The summed E-state index contributed by atoms with van der Waals surface area (Å²) in [6.07, 6.45) is 0. The van der Waals surface area contributed by atoms with Crippen LogP contribution in [0.2, 0.25) is 0 Å². The van der Waals surface area contributed by atoms with Gasteiger partial charge in [-0.2, -0.15) is 4.31 Å². The summed E-state index contributed by atoms with van der Waals surface area (Å²) >= 11 is 0. The van der Waals surface area contributed by atoms with Crippen molar-refractivity contribution in [1.29, 1.82) is 0 Å². The van der Waals surface area contributed by atoms with Crippen LogP contribution in [0.15, 0.2) is 23.1 Å². The van der Waals surface area contributed by atoms with Gasteiger partial charge in [0, 0.05) is 31.7 Å². The topological polar surface area (TPSA) is 66.6 Å². The van der Waals surface area contributed by atoms with E-state index in [-0.39, 0.29) is 23.5 Å². The predicted molar refractivity (Wildman–Crippen MR) is 79.7 cm³/mol. The molecule has 0 radical (unpaired) electrons. The molecule has 2 rings (SSSR count). The average Bonchev–Trinajstić information content (AvgIpc) is 2.44. The standard InChI is InChI=1S/C14H22FN3O2S/c1-10-8-18(9-11(2)17(10)3)21(19,20)14-6-13(15)5-4-12(14)7-16/h4-6,10-11H,7-9,16H2,1-3H3. The van der Waals surface area contributed by atoms with Crippen LogP contribution in [0.1, 0.15) is 19.4 Å². The minimum Gasteiger partial charge on any atom is -0.326 e. The summed E-state index contributed by atoms with van der Waals surface area (Å²) in [7, 11) is -1.75. The minimum absolute atomic E-state index is 0.0195. The van der Waals surface area contributed by atoms with Gasteiger partial charge in [0.2, 0.25) is 10.0 Å². The van der Waals surface area contributed by atoms with E-state index in [9.17, 15) is 12.8 Å². The third-order valence-electron chi connectivity index (χ3n) is 4.19. The van der Waals surface area contributed by atoms with Gasteiger partial charge in [0.1, 0.15) is 5.82 Å². The number of nitrogens with zero attached hydrogens (tertiary/aromatic N) is 2. The SMILES string of the molecule is CC1CN(S(=O)(=O)c2cc(F)ccc2CN)CC(C)N1C. The molecule has 1 aliphatic rings. The number of rotatable bonds is 3. The van der Waals surface area contributed by atoms with Gasteiger partial charge >= 0.3 is 0 Å². The Labute approximate surface area is 125 Å². The number of piperazine rings is 1. The number of nitrogens with two attached hydrogens (primary N) is 1. The molecule has 1 aliphatic heterocycles. The Morgan fingerprint density at radius 3 is 2.38 bits per heavy atom. The largest absolute Gasteiger partial charge is 0.326 e. The minimum atomic E-state index is -3.73. The molecule has 0 saturated carbocycles. The van der Waals surface area contributed by atoms with Gasteiger partial charge in [0.25, 0.3) is 0 Å². The van der Waals surface area contributed by atoms with E-state index in [0.717, 1.165) is 6.07 Å². The zero-order valence-corrected chi connectivity index (χ0v) is 13.4. The zero-order chi connectivity index (χ0) is 15.8. The van der Waals surface area contributed by atoms with Crippen LogP contribution in [-0.4, -0.2) is 49.8 Å². The van der Waals surface area contributed by atoms with Gasteiger partial charge in [-0.1, -0.05) is 6.07 Å². The second-order valence-electron chi connectivity index (χ2n) is 5.64. The van der Waals surface area contributed by atoms with E-state index in [1.54, 1.807) is 0 Å². The first-order valence-electron chi connectivity index (χ1n) is 6.98. The van der Waals surface area contributed by atoms with E-state index in [2.05, 4.69) is 4.90 Å². The fourth-order valence-corrected chi connectivity index (χ4v) is 4.47. The first-order valence-corrected chi connectivity index (χ1v) is 8.42. The summed E-state index contributed by atoms with van der Waals surface area (Å²) in [6, 6.07) is 3.95. The molecule has 0 aromatic heterocycles. The van der Waals surface area contributed by atoms with Gasteiger partial charge in [-0.3, -0.25) is 4.90 Å². The number of hydrogen-bond donors (Lipinski definition) is 1. The smallest absolute Gasteiger partial charge is 0.243 e. The number of hydrogen-bond acceptors (Lipinski definition) is 4. The molecular formula is C14H22FN3O2S. The van der Waals surface area contributed by atoms with Crippen LogP contribution >= 0.6 is 0 Å². The summed E-state index contributed by atoms with van der Waals surface area (Å²) in [5, 5.41) is 0. The molecule has 2 N–H and O–H groups in total. The molecule has 7 heteroatoms. The molecule has 118 valence electrons. The highest BCUT2D eigenvalue weighted by molar-refractivity contribution is 7.89. The van der Waals surface area contributed by atoms with E-state index < -0.39 is 15.8 Å². The quantitative estimate of drug-likeness (QED) is 0.903. The number of sulfonamides is 1. The van der Waals surface area contributed by atoms with Crippen LogP contribution in [0.4, 0.5) is 4.39 Å². The molecule has 1 aromatic rings. The van der Waals surface area contributed by atoms with Crippen LogP contribution in [0.25, 0.3) is 0 Å². The summed E-state index contributed by atoms with van der Waals surface area (Å²) in [5.41, 5.74) is 6.03. The second kappa shape index (κ2) is 6.00. The van der Waals surface area contributed by atoms with Crippen molar-refractivity contribution in [3.63, 3.8) is 0 Å². The predicted octanol–water partition coefficient (Wildman–Crippen LogP) is 0.998. The Morgan fingerprint density at radius 2 is 1.86 bits per heavy atom. The Morgan fingerprint density at radius 1 is 1.29 bits per heavy atom. The Balaban J connectivity index is 2.41. The first-order chi connectivity index (χ1) is 9.77. The summed E-state index contributed by atoms with van der Waals surface area (Å²) in [6.45, 7) is 4.81. The molecule has 2 unspecified atom stereocenters. The fraction of sp³-hybridized carbons (Fsp3) is 0.571. The van der Waals surface area contributed by atoms with Crippen LogP contribution in [0.5, 0.6) is 0 Å². The van der Waals surface area contributed by atoms with E-state index in [1.807, 2.05) is 20.9 Å². The average molecular weight is 315 g/mol. The van der Waals surface area contributed by atoms with Crippen molar-refractivity contribution in [3.8, 4) is 0 Å². The lowest BCUT2D eigenvalue weighted by Gasteiger charge is -2.41. The molecule has 5 nitrogen and oxygen atoms in total. The molecule has 1 fully saturated rings. The van der Waals surface area contributed by atoms with Crippen molar-refractivity contribution >= 4 is 10.0 Å². The second-order valence-corrected chi connectivity index (χ2v) is 7.55. The maximum absolute atomic E-state index is 13.5. The van der Waals surface area contributed by atoms with Gasteiger partial charge < -0.3 is 5.73 Å². The zero-order valence-electron chi connectivity index (χ0n) is 12.6. The van der Waals surface area contributed by atoms with E-state index in [0.29, 0.717) is 18.7 Å². The summed E-state index contributed by atoms with van der Waals surface area (Å²) in [5.74, 6) is -0.569. The first kappa shape index (κ1) is 16.4. The van der Waals surface area contributed by atoms with Crippen molar-refractivity contribution in [1.82, 2.24) is 9.21 Å². The Hall–Kier alpha value is -1.02. The Bertz CT molecular complexity index is 609. The molecule has 0 spiro atoms. The van der Waals surface area contributed by atoms with Crippen LogP contribution in [-0.2, 0) is 16.6 Å². The van der Waals surface area contributed by atoms with Crippen molar-refractivity contribution in [3.05, 3.63) is 29.6 Å². The lowest BCUT2D eigenvalue weighted by molar-refractivity contribution is 0.105. The number of benzene rings is 1. The highest BCUT2D eigenvalue weighted by atomic mass is 32.2. The normalized spacial score (nSPS) is 25.2. The van der Waals surface area contributed by atoms with E-state index >= 15 is 0 Å². The molecule has 0 aliphatic carbocycles. The molecule has 1 heterocycles. The highest BCUT2D eigenvalue weighted by Crippen LogP contribution is 2.25. The number of halogens is 1. The van der Waals surface area contributed by atoms with Gasteiger partial charge in [-0.15, -0.1) is 0 Å². The van der Waals surface area contributed by atoms with Gasteiger partial charge in [0.05, 0.1) is 4.90 Å². The number of likely N-dealkylation sites (N-methyl/N-ethyl adjacent to an activating group) is 1. The molecule has 2 atom stereocenters. The maximum atomic E-state index is 13.5. The third kappa shape index (κ3) is 3.11. The van der Waals surface area contributed by atoms with Crippen LogP contribution < -0.4 is 5.73 Å². The van der Waals surface area contributed by atoms with E-state index in [1.165, 1.54) is 16.4 Å². The van der Waals surface area contributed by atoms with Crippen molar-refractivity contribution in [2.45, 2.75) is 37.4 Å². The highest BCUT2D eigenvalue weighted by Gasteiger charge is 2.35. The molecule has 1 saturated heterocycles. The molecule has 1 aromatic carbocycles. The lowest BCUT2D eigenvalue weighted by Crippen LogP contribution is -2.56. The van der Waals surface area contributed by atoms with Gasteiger partial charge in [0.15, 0.2) is 0 Å². The summed E-state index contributed by atoms with van der Waals surface area (Å²) in [4.78, 5) is 2.12. The van der Waals surface area contributed by atoms with Gasteiger partial charge in [-0.25, -0.2) is 12.8 Å². The maximum Gasteiger partial charge on any atom is 0.243 e. The molecule has 0 amide bonds. The molecule has 0 bridgehead atoms. The van der Waals surface area contributed by atoms with Crippen molar-refractivity contribution in [2.24, 2.45) is 5.73 Å². The van der Waals surface area contributed by atoms with E-state index in [4.69, 9.17) is 5.73 Å². The van der Waals surface area contributed by atoms with Crippen molar-refractivity contribution in [2.75, 3.05) is 20.1 Å². The fourth-order valence-electron chi connectivity index (χ4n) is 2.63.